The van der Waals surface area contributed by atoms with E-state index in [2.05, 4.69) is 231 Å². The molecule has 0 N–H and O–H groups in total. The van der Waals surface area contributed by atoms with Crippen molar-refractivity contribution in [2.24, 2.45) is 0 Å². The Kier molecular flexibility index (Phi) is 8.64. The largest absolute Gasteiger partial charge is 0.244 e. The number of hydrogen-bond donors (Lipinski definition) is 0. The molecule has 11 rings (SSSR count). The summed E-state index contributed by atoms with van der Waals surface area (Å²) in [5.74, 6) is 0. The number of benzene rings is 9. The van der Waals surface area contributed by atoms with Gasteiger partial charge in [-0.05, 0) is 73.8 Å². The molecular weight excluding hydrogens is 725 g/mol. The molecule has 282 valence electrons. The average Bonchev–Trinajstić information content (AvgIpc) is 3.34. The predicted octanol–water partition coefficient (Wildman–Crippen LogP) is 14.0. The molecule has 1 aliphatic carbocycles. The molecule has 0 saturated heterocycles. The van der Waals surface area contributed by atoms with E-state index in [1.54, 1.807) is 0 Å². The third-order valence-electron chi connectivity index (χ3n) is 12.5. The molecule has 2 nitrogen and oxygen atoms in total. The van der Waals surface area contributed by atoms with Crippen LogP contribution in [0.5, 0.6) is 0 Å². The summed E-state index contributed by atoms with van der Waals surface area (Å²) in [6.07, 6.45) is 0. The van der Waals surface area contributed by atoms with E-state index in [1.165, 1.54) is 55.6 Å². The van der Waals surface area contributed by atoms with Crippen LogP contribution in [0.4, 0.5) is 0 Å². The standard InChI is InChI=1S/C58H40N2/c1-6-20-41(21-7-1)42-34-36-43(37-35-42)55-56(60-54-33-19-18-32-53(54)59-55)44-38-39-52-50(40-44)49-30-16-17-31-51(49)57(45-22-8-2-9-23-45,46-24-10-3-11-25-46)58(52,47-26-12-4-13-27-47)48-28-14-5-15-29-48/h1-40H. The molecule has 60 heavy (non-hydrogen) atoms. The van der Waals surface area contributed by atoms with E-state index >= 15 is 0 Å². The monoisotopic (exact) mass is 764 g/mol. The highest BCUT2D eigenvalue weighted by atomic mass is 14.8. The lowest BCUT2D eigenvalue weighted by Gasteiger charge is -2.57. The first-order valence-corrected chi connectivity index (χ1v) is 20.7. The van der Waals surface area contributed by atoms with Crippen LogP contribution in [-0.2, 0) is 10.8 Å². The first-order valence-electron chi connectivity index (χ1n) is 20.7. The summed E-state index contributed by atoms with van der Waals surface area (Å²) in [7, 11) is 0. The molecular formula is C58H40N2. The Balaban J connectivity index is 1.24. The van der Waals surface area contributed by atoms with Crippen molar-refractivity contribution in [3.63, 3.8) is 0 Å². The summed E-state index contributed by atoms with van der Waals surface area (Å²) in [5, 5.41) is 0. The second-order valence-electron chi connectivity index (χ2n) is 15.6. The normalized spacial score (nSPS) is 13.6. The lowest BCUT2D eigenvalue weighted by atomic mass is 9.43. The van der Waals surface area contributed by atoms with Gasteiger partial charge in [0.05, 0.1) is 33.3 Å². The van der Waals surface area contributed by atoms with Crippen LogP contribution in [0.15, 0.2) is 243 Å². The van der Waals surface area contributed by atoms with E-state index in [4.69, 9.17) is 9.97 Å². The summed E-state index contributed by atoms with van der Waals surface area (Å²) in [6, 6.07) is 88.2. The Morgan fingerprint density at radius 2 is 0.600 bits per heavy atom. The van der Waals surface area contributed by atoms with Crippen LogP contribution in [0.25, 0.3) is 55.8 Å². The van der Waals surface area contributed by atoms with Gasteiger partial charge in [0, 0.05) is 11.1 Å². The Labute approximate surface area is 351 Å². The minimum absolute atomic E-state index is 0.683. The van der Waals surface area contributed by atoms with Gasteiger partial charge in [-0.15, -0.1) is 0 Å². The van der Waals surface area contributed by atoms with E-state index in [0.29, 0.717) is 0 Å². The molecule has 0 amide bonds. The Morgan fingerprint density at radius 1 is 0.250 bits per heavy atom. The molecule has 0 spiro atoms. The fourth-order valence-corrected chi connectivity index (χ4v) is 10.1. The molecule has 1 aliphatic rings. The van der Waals surface area contributed by atoms with E-state index in [9.17, 15) is 0 Å². The van der Waals surface area contributed by atoms with E-state index in [-0.39, 0.29) is 0 Å². The molecule has 9 aromatic carbocycles. The quantitative estimate of drug-likeness (QED) is 0.162. The third kappa shape index (κ3) is 5.42. The number of nitrogens with zero attached hydrogens (tertiary/aromatic N) is 2. The van der Waals surface area contributed by atoms with Gasteiger partial charge in [0.2, 0.25) is 0 Å². The average molecular weight is 765 g/mol. The molecule has 0 atom stereocenters. The smallest absolute Gasteiger partial charge is 0.0973 e. The second-order valence-corrected chi connectivity index (χ2v) is 15.6. The number of aromatic nitrogens is 2. The minimum Gasteiger partial charge on any atom is -0.244 e. The Bertz CT molecular complexity index is 3030. The molecule has 0 radical (unpaired) electrons. The zero-order valence-electron chi connectivity index (χ0n) is 33.0. The fourth-order valence-electron chi connectivity index (χ4n) is 10.1. The zero-order chi connectivity index (χ0) is 39.9. The summed E-state index contributed by atoms with van der Waals surface area (Å²) >= 11 is 0. The molecule has 0 fully saturated rings. The fraction of sp³-hybridized carbons (Fsp3) is 0.0345. The zero-order valence-corrected chi connectivity index (χ0v) is 33.0. The van der Waals surface area contributed by atoms with Crippen molar-refractivity contribution in [1.29, 1.82) is 0 Å². The molecule has 0 unspecified atom stereocenters. The van der Waals surface area contributed by atoms with Crippen LogP contribution in [-0.4, -0.2) is 9.97 Å². The SMILES string of the molecule is c1ccc(-c2ccc(-c3nc4ccccc4nc3-c3ccc4c(c3)-c3ccccc3C(c3ccccc3)(c3ccccc3)C4(c3ccccc3)c3ccccc3)cc2)cc1. The van der Waals surface area contributed by atoms with Gasteiger partial charge in [-0.1, -0.05) is 224 Å². The van der Waals surface area contributed by atoms with Crippen LogP contribution >= 0.6 is 0 Å². The van der Waals surface area contributed by atoms with Gasteiger partial charge in [0.15, 0.2) is 0 Å². The summed E-state index contributed by atoms with van der Waals surface area (Å²) in [5.41, 5.74) is 16.2. The molecule has 0 saturated carbocycles. The molecule has 2 heteroatoms. The molecule has 0 aliphatic heterocycles. The van der Waals surface area contributed by atoms with Crippen molar-refractivity contribution in [3.05, 3.63) is 276 Å². The molecule has 0 bridgehead atoms. The maximum absolute atomic E-state index is 5.42. The highest BCUT2D eigenvalue weighted by Gasteiger charge is 2.61. The molecule has 1 aromatic heterocycles. The maximum Gasteiger partial charge on any atom is 0.0973 e. The van der Waals surface area contributed by atoms with Gasteiger partial charge in [-0.3, -0.25) is 0 Å². The van der Waals surface area contributed by atoms with Gasteiger partial charge in [0.25, 0.3) is 0 Å². The third-order valence-corrected chi connectivity index (χ3v) is 12.5. The van der Waals surface area contributed by atoms with E-state index in [0.717, 1.165) is 33.5 Å². The van der Waals surface area contributed by atoms with Crippen LogP contribution in [0, 0.1) is 0 Å². The Morgan fingerprint density at radius 3 is 1.10 bits per heavy atom. The first-order chi connectivity index (χ1) is 29.8. The topological polar surface area (TPSA) is 25.8 Å². The van der Waals surface area contributed by atoms with Crippen molar-refractivity contribution in [2.45, 2.75) is 10.8 Å². The van der Waals surface area contributed by atoms with Crippen molar-refractivity contribution in [1.82, 2.24) is 9.97 Å². The van der Waals surface area contributed by atoms with Crippen LogP contribution in [0.1, 0.15) is 33.4 Å². The Hall–Kier alpha value is -7.68. The van der Waals surface area contributed by atoms with Crippen LogP contribution in [0.2, 0.25) is 0 Å². The maximum atomic E-state index is 5.42. The summed E-state index contributed by atoms with van der Waals surface area (Å²) in [6.45, 7) is 0. The van der Waals surface area contributed by atoms with Gasteiger partial charge < -0.3 is 0 Å². The number of para-hydroxylation sites is 2. The highest BCUT2D eigenvalue weighted by Crippen LogP contribution is 2.65. The van der Waals surface area contributed by atoms with Gasteiger partial charge in [-0.2, -0.15) is 0 Å². The number of fused-ring (bicyclic) bond motifs is 4. The van der Waals surface area contributed by atoms with Gasteiger partial charge in [-0.25, -0.2) is 9.97 Å². The van der Waals surface area contributed by atoms with Crippen LogP contribution < -0.4 is 0 Å². The van der Waals surface area contributed by atoms with Crippen molar-refractivity contribution in [2.75, 3.05) is 0 Å². The summed E-state index contributed by atoms with van der Waals surface area (Å²) in [4.78, 5) is 10.8. The number of rotatable bonds is 7. The lowest BCUT2D eigenvalue weighted by Crippen LogP contribution is -2.54. The highest BCUT2D eigenvalue weighted by molar-refractivity contribution is 5.92. The number of hydrogen-bond acceptors (Lipinski definition) is 2. The predicted molar refractivity (Wildman–Crippen MR) is 247 cm³/mol. The first kappa shape index (κ1) is 35.5. The lowest BCUT2D eigenvalue weighted by molar-refractivity contribution is 0.415. The molecule has 1 heterocycles. The summed E-state index contributed by atoms with van der Waals surface area (Å²) < 4.78 is 0. The van der Waals surface area contributed by atoms with Gasteiger partial charge >= 0.3 is 0 Å². The molecule has 10 aromatic rings. The van der Waals surface area contributed by atoms with Crippen molar-refractivity contribution < 1.29 is 0 Å². The van der Waals surface area contributed by atoms with Crippen molar-refractivity contribution >= 4 is 11.0 Å². The van der Waals surface area contributed by atoms with E-state index in [1.807, 2.05) is 12.1 Å². The minimum atomic E-state index is -0.717. The van der Waals surface area contributed by atoms with Crippen LogP contribution in [0.3, 0.4) is 0 Å². The van der Waals surface area contributed by atoms with Gasteiger partial charge in [0.1, 0.15) is 0 Å². The van der Waals surface area contributed by atoms with E-state index < -0.39 is 10.8 Å². The second kappa shape index (κ2) is 14.6. The van der Waals surface area contributed by atoms with Crippen molar-refractivity contribution in [3.8, 4) is 44.8 Å².